The maximum atomic E-state index is 12.7. The Morgan fingerprint density at radius 1 is 0.838 bits per heavy atom. The lowest BCUT2D eigenvalue weighted by molar-refractivity contribution is 0.102. The molecule has 186 valence electrons. The van der Waals surface area contributed by atoms with Crippen molar-refractivity contribution in [1.82, 2.24) is 14.6 Å². The van der Waals surface area contributed by atoms with Gasteiger partial charge in [-0.05, 0) is 41.3 Å². The number of aromatic nitrogens is 3. The van der Waals surface area contributed by atoms with Crippen molar-refractivity contribution in [2.75, 3.05) is 16.0 Å². The van der Waals surface area contributed by atoms with E-state index in [1.54, 1.807) is 0 Å². The molecule has 0 unspecified atom stereocenters. The van der Waals surface area contributed by atoms with Crippen LogP contribution >= 0.6 is 0 Å². The first-order valence-corrected chi connectivity index (χ1v) is 12.4. The van der Waals surface area contributed by atoms with Gasteiger partial charge in [0.05, 0.1) is 6.20 Å². The molecular weight excluding hydrogens is 460 g/mol. The summed E-state index contributed by atoms with van der Waals surface area (Å²) in [6, 6.07) is 29.3. The van der Waals surface area contributed by atoms with Gasteiger partial charge in [-0.3, -0.25) is 4.79 Å². The number of nitrogens with one attached hydrogen (secondary N) is 3. The van der Waals surface area contributed by atoms with Gasteiger partial charge in [0.15, 0.2) is 5.65 Å². The summed E-state index contributed by atoms with van der Waals surface area (Å²) in [5.41, 5.74) is 5.46. The first-order valence-electron chi connectivity index (χ1n) is 12.4. The van der Waals surface area contributed by atoms with Gasteiger partial charge in [0.25, 0.3) is 5.91 Å². The fourth-order valence-corrected chi connectivity index (χ4v) is 4.13. The van der Waals surface area contributed by atoms with Crippen molar-refractivity contribution in [3.8, 4) is 0 Å². The molecule has 1 amide bonds. The number of amides is 1. The lowest BCUT2D eigenvalue weighted by Gasteiger charge is -2.13. The minimum atomic E-state index is -0.138. The second-order valence-corrected chi connectivity index (χ2v) is 9.23. The van der Waals surface area contributed by atoms with Crippen LogP contribution in [0, 0.1) is 0 Å². The van der Waals surface area contributed by atoms with Gasteiger partial charge in [-0.15, -0.1) is 0 Å². The Labute approximate surface area is 216 Å². The van der Waals surface area contributed by atoms with Crippen LogP contribution in [-0.2, 0) is 13.1 Å². The summed E-state index contributed by atoms with van der Waals surface area (Å²) in [5.74, 6) is 1.76. The van der Waals surface area contributed by atoms with E-state index in [1.807, 2.05) is 89.6 Å². The first kappa shape index (κ1) is 24.1. The van der Waals surface area contributed by atoms with Crippen LogP contribution in [0.15, 0.2) is 97.2 Å². The predicted molar refractivity (Wildman–Crippen MR) is 149 cm³/mol. The summed E-state index contributed by atoms with van der Waals surface area (Å²) in [5, 5.41) is 14.5. The van der Waals surface area contributed by atoms with Crippen molar-refractivity contribution in [2.24, 2.45) is 0 Å². The normalized spacial score (nSPS) is 11.0. The molecule has 2 heterocycles. The number of para-hydroxylation sites is 1. The molecule has 0 spiro atoms. The number of carbonyl (C=O) groups excluding carboxylic acids is 1. The van der Waals surface area contributed by atoms with Crippen molar-refractivity contribution in [2.45, 2.75) is 32.9 Å². The van der Waals surface area contributed by atoms with Crippen LogP contribution in [0.25, 0.3) is 5.65 Å². The first-order chi connectivity index (χ1) is 18.1. The van der Waals surface area contributed by atoms with E-state index in [1.165, 1.54) is 5.56 Å². The minimum absolute atomic E-state index is 0.138. The average Bonchev–Trinajstić information content (AvgIpc) is 3.36. The molecule has 0 atom stereocenters. The number of benzene rings is 3. The van der Waals surface area contributed by atoms with Gasteiger partial charge in [-0.25, -0.2) is 4.98 Å². The molecular formula is C30H30N6O. The molecule has 5 rings (SSSR count). The maximum absolute atomic E-state index is 12.7. The number of nitrogens with zero attached hydrogens (tertiary/aromatic N) is 3. The highest BCUT2D eigenvalue weighted by Crippen LogP contribution is 2.25. The number of carbonyl (C=O) groups is 1. The fraction of sp³-hybridized carbons (Fsp3) is 0.167. The molecule has 0 bridgehead atoms. The molecule has 0 aliphatic heterocycles. The van der Waals surface area contributed by atoms with E-state index in [0.29, 0.717) is 24.6 Å². The molecule has 3 aromatic carbocycles. The van der Waals surface area contributed by atoms with Gasteiger partial charge >= 0.3 is 0 Å². The maximum Gasteiger partial charge on any atom is 0.255 e. The van der Waals surface area contributed by atoms with Gasteiger partial charge in [-0.2, -0.15) is 9.61 Å². The summed E-state index contributed by atoms with van der Waals surface area (Å²) in [6.45, 7) is 5.48. The number of hydrogen-bond donors (Lipinski definition) is 3. The summed E-state index contributed by atoms with van der Waals surface area (Å²) >= 11 is 0. The Morgan fingerprint density at radius 3 is 2.30 bits per heavy atom. The van der Waals surface area contributed by atoms with E-state index in [0.717, 1.165) is 34.1 Å². The summed E-state index contributed by atoms with van der Waals surface area (Å²) in [7, 11) is 0. The average molecular weight is 491 g/mol. The molecule has 0 radical (unpaired) electrons. The molecule has 0 fully saturated rings. The van der Waals surface area contributed by atoms with Gasteiger partial charge < -0.3 is 16.0 Å². The van der Waals surface area contributed by atoms with E-state index in [9.17, 15) is 4.79 Å². The van der Waals surface area contributed by atoms with Crippen LogP contribution < -0.4 is 16.0 Å². The highest BCUT2D eigenvalue weighted by Gasteiger charge is 2.14. The lowest BCUT2D eigenvalue weighted by Crippen LogP contribution is -2.12. The van der Waals surface area contributed by atoms with E-state index in [-0.39, 0.29) is 5.91 Å². The van der Waals surface area contributed by atoms with Crippen LogP contribution in [-0.4, -0.2) is 20.5 Å². The van der Waals surface area contributed by atoms with Crippen molar-refractivity contribution in [3.05, 3.63) is 119 Å². The zero-order valence-corrected chi connectivity index (χ0v) is 21.0. The Hall–Kier alpha value is -4.65. The quantitative estimate of drug-likeness (QED) is 0.225. The van der Waals surface area contributed by atoms with E-state index >= 15 is 0 Å². The van der Waals surface area contributed by atoms with Crippen LogP contribution in [0.4, 0.5) is 17.3 Å². The number of anilines is 3. The molecule has 5 aromatic rings. The Balaban J connectivity index is 1.35. The zero-order valence-electron chi connectivity index (χ0n) is 21.0. The summed E-state index contributed by atoms with van der Waals surface area (Å²) in [4.78, 5) is 17.6. The second-order valence-electron chi connectivity index (χ2n) is 9.23. The van der Waals surface area contributed by atoms with Crippen molar-refractivity contribution in [3.63, 3.8) is 0 Å². The Morgan fingerprint density at radius 2 is 1.54 bits per heavy atom. The molecule has 0 saturated heterocycles. The summed E-state index contributed by atoms with van der Waals surface area (Å²) in [6.07, 6.45) is 1.89. The van der Waals surface area contributed by atoms with E-state index in [4.69, 9.17) is 4.98 Å². The topological polar surface area (TPSA) is 83.3 Å². The molecule has 0 aliphatic carbocycles. The number of fused-ring (bicyclic) bond motifs is 1. The third kappa shape index (κ3) is 5.78. The van der Waals surface area contributed by atoms with Crippen LogP contribution in [0.5, 0.6) is 0 Å². The van der Waals surface area contributed by atoms with Crippen molar-refractivity contribution >= 4 is 28.9 Å². The highest BCUT2D eigenvalue weighted by atomic mass is 16.1. The largest absolute Gasteiger partial charge is 0.366 e. The molecule has 0 aliphatic rings. The Bertz CT molecular complexity index is 1500. The standard InChI is InChI=1S/C30H30N6O/c1-21(2)26-20-33-36-28(32-18-22-10-5-3-6-11-22)17-27(35-29(26)36)31-19-23-12-9-13-24(16-23)30(37)34-25-14-7-4-8-15-25/h3-17,20-21,32H,18-19H2,1-2H3,(H,31,35)(H,34,37). The minimum Gasteiger partial charge on any atom is -0.366 e. The second kappa shape index (κ2) is 11.0. The summed E-state index contributed by atoms with van der Waals surface area (Å²) < 4.78 is 1.86. The van der Waals surface area contributed by atoms with Crippen LogP contribution in [0.1, 0.15) is 46.8 Å². The molecule has 37 heavy (non-hydrogen) atoms. The molecule has 7 nitrogen and oxygen atoms in total. The highest BCUT2D eigenvalue weighted by molar-refractivity contribution is 6.04. The van der Waals surface area contributed by atoms with Crippen LogP contribution in [0.2, 0.25) is 0 Å². The molecule has 2 aromatic heterocycles. The SMILES string of the molecule is CC(C)c1cnn2c(NCc3ccccc3)cc(NCc3cccc(C(=O)Nc4ccccc4)c3)nc12. The fourth-order valence-electron chi connectivity index (χ4n) is 4.13. The van der Waals surface area contributed by atoms with Gasteiger partial charge in [0, 0.05) is 36.0 Å². The number of hydrogen-bond acceptors (Lipinski definition) is 5. The molecule has 3 N–H and O–H groups in total. The monoisotopic (exact) mass is 490 g/mol. The number of rotatable bonds is 9. The third-order valence-corrected chi connectivity index (χ3v) is 6.13. The zero-order chi connectivity index (χ0) is 25.6. The van der Waals surface area contributed by atoms with E-state index < -0.39 is 0 Å². The predicted octanol–water partition coefficient (Wildman–Crippen LogP) is 6.33. The third-order valence-electron chi connectivity index (χ3n) is 6.13. The molecule has 0 saturated carbocycles. The van der Waals surface area contributed by atoms with E-state index in [2.05, 4.69) is 47.0 Å². The van der Waals surface area contributed by atoms with Crippen molar-refractivity contribution < 1.29 is 4.79 Å². The van der Waals surface area contributed by atoms with Gasteiger partial charge in [0.2, 0.25) is 0 Å². The Kier molecular flexibility index (Phi) is 7.12. The van der Waals surface area contributed by atoms with Gasteiger partial charge in [0.1, 0.15) is 11.6 Å². The smallest absolute Gasteiger partial charge is 0.255 e. The lowest BCUT2D eigenvalue weighted by atomic mass is 10.1. The molecule has 7 heteroatoms. The van der Waals surface area contributed by atoms with Crippen LogP contribution in [0.3, 0.4) is 0 Å². The van der Waals surface area contributed by atoms with Crippen molar-refractivity contribution in [1.29, 1.82) is 0 Å². The van der Waals surface area contributed by atoms with Gasteiger partial charge in [-0.1, -0.05) is 74.5 Å².